The van der Waals surface area contributed by atoms with Crippen molar-refractivity contribution in [3.63, 3.8) is 0 Å². The van der Waals surface area contributed by atoms with Crippen molar-refractivity contribution in [2.75, 3.05) is 13.1 Å². The third-order valence-electron chi connectivity index (χ3n) is 6.58. The minimum atomic E-state index is -0.152. The van der Waals surface area contributed by atoms with Gasteiger partial charge in [0.15, 0.2) is 0 Å². The van der Waals surface area contributed by atoms with Gasteiger partial charge in [0.05, 0.1) is 5.41 Å². The van der Waals surface area contributed by atoms with Crippen LogP contribution in [0, 0.1) is 16.7 Å². The Hall–Kier alpha value is -1.35. The van der Waals surface area contributed by atoms with Gasteiger partial charge in [0, 0.05) is 13.1 Å². The van der Waals surface area contributed by atoms with Gasteiger partial charge in [-0.15, -0.1) is 0 Å². The summed E-state index contributed by atoms with van der Waals surface area (Å²) in [5, 5.41) is 3.08. The minimum Gasteiger partial charge on any atom is -0.354 e. The smallest absolute Gasteiger partial charge is 0.226 e. The number of benzene rings is 1. The fourth-order valence-corrected chi connectivity index (χ4v) is 6.31. The van der Waals surface area contributed by atoms with Crippen LogP contribution in [0.2, 0.25) is 0 Å². The van der Waals surface area contributed by atoms with Crippen molar-refractivity contribution >= 4 is 5.91 Å². The molecule has 0 aromatic heterocycles. The van der Waals surface area contributed by atoms with Crippen LogP contribution in [0.1, 0.15) is 44.6 Å². The molecule has 1 amide bonds. The fraction of sp³-hybridized carbons (Fsp3) is 0.632. The zero-order valence-corrected chi connectivity index (χ0v) is 13.4. The number of hydrogen-bond acceptors (Lipinski definition) is 2. The highest BCUT2D eigenvalue weighted by molar-refractivity contribution is 5.84. The molecule has 4 aliphatic carbocycles. The lowest BCUT2D eigenvalue weighted by atomic mass is 9.59. The average Bonchev–Trinajstić information content (AvgIpc) is 2.87. The highest BCUT2D eigenvalue weighted by Gasteiger charge is 2.70. The molecular weight excluding hydrogens is 272 g/mol. The van der Waals surface area contributed by atoms with Crippen LogP contribution in [0.3, 0.4) is 0 Å². The second kappa shape index (κ2) is 4.58. The molecule has 3 N–H and O–H groups in total. The van der Waals surface area contributed by atoms with Crippen molar-refractivity contribution < 1.29 is 4.79 Å². The van der Waals surface area contributed by atoms with E-state index in [2.05, 4.69) is 42.6 Å². The van der Waals surface area contributed by atoms with Gasteiger partial charge in [0.25, 0.3) is 0 Å². The Morgan fingerprint density at radius 3 is 2.73 bits per heavy atom. The molecule has 0 radical (unpaired) electrons. The number of hydrogen-bond donors (Lipinski definition) is 2. The second-order valence-corrected chi connectivity index (χ2v) is 8.29. The highest BCUT2D eigenvalue weighted by Crippen LogP contribution is 2.74. The fourth-order valence-electron chi connectivity index (χ4n) is 6.31. The standard InChI is InChI=1S/C19H26N2O/c1-17-9-15-10-18(11-17,16(22)21-8-7-20)13-19(15,12-17)14-5-3-2-4-6-14/h2-6,15H,7-13,20H2,1H3,(H,21,22). The SMILES string of the molecule is CC12CC3CC(C(=O)NCCN)(C1)CC3(c1ccccc1)C2. The lowest BCUT2D eigenvalue weighted by Crippen LogP contribution is -2.48. The van der Waals surface area contributed by atoms with Crippen LogP contribution in [-0.2, 0) is 10.2 Å². The maximum absolute atomic E-state index is 12.9. The lowest BCUT2D eigenvalue weighted by Gasteiger charge is -2.45. The Morgan fingerprint density at radius 2 is 2.00 bits per heavy atom. The van der Waals surface area contributed by atoms with Crippen molar-refractivity contribution in [3.05, 3.63) is 35.9 Å². The predicted octanol–water partition coefficient (Wildman–Crippen LogP) is 2.60. The highest BCUT2D eigenvalue weighted by atomic mass is 16.2. The van der Waals surface area contributed by atoms with E-state index in [0.29, 0.717) is 24.4 Å². The Balaban J connectivity index is 1.71. The maximum atomic E-state index is 12.9. The summed E-state index contributed by atoms with van der Waals surface area (Å²) in [7, 11) is 0. The van der Waals surface area contributed by atoms with Gasteiger partial charge in [-0.25, -0.2) is 0 Å². The molecule has 4 saturated carbocycles. The molecule has 4 fully saturated rings. The van der Waals surface area contributed by atoms with Crippen LogP contribution in [0.5, 0.6) is 0 Å². The van der Waals surface area contributed by atoms with Crippen LogP contribution in [0.15, 0.2) is 30.3 Å². The molecule has 3 heteroatoms. The third-order valence-corrected chi connectivity index (χ3v) is 6.58. The summed E-state index contributed by atoms with van der Waals surface area (Å²) in [6.45, 7) is 3.51. The number of nitrogens with two attached hydrogens (primary N) is 1. The molecule has 1 aromatic carbocycles. The van der Waals surface area contributed by atoms with Crippen molar-refractivity contribution in [3.8, 4) is 0 Å². The predicted molar refractivity (Wildman–Crippen MR) is 87.3 cm³/mol. The third kappa shape index (κ3) is 1.81. The number of carbonyl (C=O) groups excluding carboxylic acids is 1. The van der Waals surface area contributed by atoms with Gasteiger partial charge in [-0.1, -0.05) is 37.3 Å². The molecule has 0 saturated heterocycles. The van der Waals surface area contributed by atoms with Crippen LogP contribution < -0.4 is 11.1 Å². The summed E-state index contributed by atoms with van der Waals surface area (Å²) < 4.78 is 0. The van der Waals surface area contributed by atoms with E-state index >= 15 is 0 Å². The molecule has 4 atom stereocenters. The largest absolute Gasteiger partial charge is 0.354 e. The zero-order valence-electron chi connectivity index (χ0n) is 13.4. The molecule has 1 aromatic rings. The first-order valence-electron chi connectivity index (χ1n) is 8.56. The van der Waals surface area contributed by atoms with Crippen molar-refractivity contribution in [2.45, 2.75) is 44.4 Å². The van der Waals surface area contributed by atoms with Gasteiger partial charge in [-0.3, -0.25) is 4.79 Å². The van der Waals surface area contributed by atoms with Gasteiger partial charge >= 0.3 is 0 Å². The van der Waals surface area contributed by atoms with E-state index < -0.39 is 0 Å². The summed E-state index contributed by atoms with van der Waals surface area (Å²) in [6, 6.07) is 10.9. The summed E-state index contributed by atoms with van der Waals surface area (Å²) in [6.07, 6.45) is 5.68. The summed E-state index contributed by atoms with van der Waals surface area (Å²) in [4.78, 5) is 12.9. The normalized spacial score (nSPS) is 41.8. The number of nitrogens with one attached hydrogen (secondary N) is 1. The van der Waals surface area contributed by atoms with Crippen molar-refractivity contribution in [1.82, 2.24) is 5.32 Å². The zero-order chi connectivity index (χ0) is 15.4. The van der Waals surface area contributed by atoms with Gasteiger partial charge < -0.3 is 11.1 Å². The molecule has 3 nitrogen and oxygen atoms in total. The first kappa shape index (κ1) is 14.3. The molecule has 118 valence electrons. The lowest BCUT2D eigenvalue weighted by molar-refractivity contribution is -0.135. The van der Waals surface area contributed by atoms with Crippen LogP contribution in [-0.4, -0.2) is 19.0 Å². The van der Waals surface area contributed by atoms with Gasteiger partial charge in [-0.05, 0) is 54.4 Å². The topological polar surface area (TPSA) is 55.1 Å². The Kier molecular flexibility index (Phi) is 2.96. The van der Waals surface area contributed by atoms with Gasteiger partial charge in [0.2, 0.25) is 5.91 Å². The van der Waals surface area contributed by atoms with E-state index in [1.54, 1.807) is 0 Å². The summed E-state index contributed by atoms with van der Waals surface area (Å²) in [5.41, 5.74) is 7.43. The monoisotopic (exact) mass is 298 g/mol. The van der Waals surface area contributed by atoms with Gasteiger partial charge in [-0.2, -0.15) is 0 Å². The van der Waals surface area contributed by atoms with E-state index in [1.165, 1.54) is 18.4 Å². The molecule has 5 rings (SSSR count). The number of amides is 1. The van der Waals surface area contributed by atoms with Crippen LogP contribution in [0.25, 0.3) is 0 Å². The van der Waals surface area contributed by atoms with E-state index in [9.17, 15) is 4.79 Å². The number of rotatable bonds is 4. The maximum Gasteiger partial charge on any atom is 0.226 e. The first-order chi connectivity index (χ1) is 10.5. The summed E-state index contributed by atoms with van der Waals surface area (Å²) >= 11 is 0. The van der Waals surface area contributed by atoms with E-state index in [0.717, 1.165) is 19.3 Å². The van der Waals surface area contributed by atoms with Crippen molar-refractivity contribution in [1.29, 1.82) is 0 Å². The summed E-state index contributed by atoms with van der Waals surface area (Å²) in [5.74, 6) is 0.920. The molecule has 0 heterocycles. The Morgan fingerprint density at radius 1 is 1.23 bits per heavy atom. The molecule has 22 heavy (non-hydrogen) atoms. The quantitative estimate of drug-likeness (QED) is 0.897. The van der Waals surface area contributed by atoms with Crippen molar-refractivity contribution in [2.24, 2.45) is 22.5 Å². The van der Waals surface area contributed by atoms with E-state index in [-0.39, 0.29) is 16.7 Å². The van der Waals surface area contributed by atoms with Crippen LogP contribution >= 0.6 is 0 Å². The molecule has 4 aliphatic rings. The first-order valence-corrected chi connectivity index (χ1v) is 8.56. The van der Waals surface area contributed by atoms with Gasteiger partial charge in [0.1, 0.15) is 0 Å². The Labute approximate surface area is 132 Å². The van der Waals surface area contributed by atoms with E-state index in [4.69, 9.17) is 5.73 Å². The minimum absolute atomic E-state index is 0.152. The Bertz CT molecular complexity index is 601. The second-order valence-electron chi connectivity index (χ2n) is 8.29. The van der Waals surface area contributed by atoms with Crippen LogP contribution in [0.4, 0.5) is 0 Å². The molecule has 4 unspecified atom stereocenters. The molecule has 4 bridgehead atoms. The van der Waals surface area contributed by atoms with E-state index in [1.807, 2.05) is 0 Å². The molecule has 0 spiro atoms. The average molecular weight is 298 g/mol. The molecular formula is C19H26N2O. The number of carbonyl (C=O) groups is 1. The molecule has 0 aliphatic heterocycles.